The number of aliphatic hydroxyl groups is 1. The maximum atomic E-state index is 9.56. The fourth-order valence-corrected chi connectivity index (χ4v) is 1.63. The summed E-state index contributed by atoms with van der Waals surface area (Å²) < 4.78 is 5.39. The third kappa shape index (κ3) is 1.92. The highest BCUT2D eigenvalue weighted by Crippen LogP contribution is 2.21. The molecule has 0 bridgehead atoms. The van der Waals surface area contributed by atoms with E-state index >= 15 is 0 Å². The number of nitrogens with two attached hydrogens (primary N) is 2. The molecule has 2 unspecified atom stereocenters. The van der Waals surface area contributed by atoms with Gasteiger partial charge in [0.1, 0.15) is 5.52 Å². The van der Waals surface area contributed by atoms with Crippen molar-refractivity contribution >= 4 is 11.1 Å². The summed E-state index contributed by atoms with van der Waals surface area (Å²) in [5.74, 6) is 0.611. The predicted molar refractivity (Wildman–Crippen MR) is 60.7 cm³/mol. The molecule has 2 aromatic rings. The number of oxazole rings is 1. The van der Waals surface area contributed by atoms with E-state index in [1.165, 1.54) is 0 Å². The van der Waals surface area contributed by atoms with Gasteiger partial charge >= 0.3 is 0 Å². The lowest BCUT2D eigenvalue weighted by Crippen LogP contribution is -2.32. The maximum absolute atomic E-state index is 9.56. The summed E-state index contributed by atoms with van der Waals surface area (Å²) in [5, 5.41) is 9.56. The number of fused-ring (bicyclic) bond motifs is 1. The number of benzene rings is 1. The zero-order valence-electron chi connectivity index (χ0n) is 9.05. The van der Waals surface area contributed by atoms with Gasteiger partial charge in [0.05, 0.1) is 12.1 Å². The van der Waals surface area contributed by atoms with Crippen LogP contribution in [0.1, 0.15) is 17.5 Å². The first-order valence-corrected chi connectivity index (χ1v) is 5.12. The molecule has 1 heterocycles. The van der Waals surface area contributed by atoms with Crippen LogP contribution in [-0.2, 0) is 0 Å². The third-order valence-corrected chi connectivity index (χ3v) is 2.56. The second-order valence-corrected chi connectivity index (χ2v) is 3.79. The summed E-state index contributed by atoms with van der Waals surface area (Å²) in [4.78, 5) is 4.18. The summed E-state index contributed by atoms with van der Waals surface area (Å²) in [6.45, 7) is 1.92. The van der Waals surface area contributed by atoms with Crippen LogP contribution in [0.25, 0.3) is 11.1 Å². The van der Waals surface area contributed by atoms with Crippen LogP contribution < -0.4 is 11.5 Å². The molecule has 5 nitrogen and oxygen atoms in total. The van der Waals surface area contributed by atoms with Crippen LogP contribution in [0, 0.1) is 6.92 Å². The quantitative estimate of drug-likeness (QED) is 0.699. The predicted octanol–water partition coefficient (Wildman–Crippen LogP) is 0.456. The zero-order chi connectivity index (χ0) is 11.7. The molecule has 0 aliphatic rings. The Bertz CT molecular complexity index is 495. The first-order chi connectivity index (χ1) is 7.61. The van der Waals surface area contributed by atoms with Crippen LogP contribution in [0.5, 0.6) is 0 Å². The van der Waals surface area contributed by atoms with Gasteiger partial charge in [0.25, 0.3) is 0 Å². The summed E-state index contributed by atoms with van der Waals surface area (Å²) in [6.07, 6.45) is -0.749. The molecule has 1 aromatic heterocycles. The Hall–Kier alpha value is -1.43. The van der Waals surface area contributed by atoms with E-state index in [-0.39, 0.29) is 6.54 Å². The molecular weight excluding hydrogens is 206 g/mol. The molecule has 0 saturated heterocycles. The zero-order valence-corrected chi connectivity index (χ0v) is 9.05. The van der Waals surface area contributed by atoms with Crippen LogP contribution in [-0.4, -0.2) is 22.7 Å². The molecule has 2 atom stereocenters. The van der Waals surface area contributed by atoms with E-state index in [9.17, 15) is 5.11 Å². The highest BCUT2D eigenvalue weighted by Gasteiger charge is 2.16. The smallest absolute Gasteiger partial charge is 0.192 e. The first-order valence-electron chi connectivity index (χ1n) is 5.12. The molecule has 0 spiro atoms. The third-order valence-electron chi connectivity index (χ3n) is 2.56. The van der Waals surface area contributed by atoms with Crippen molar-refractivity contribution in [1.82, 2.24) is 4.98 Å². The van der Waals surface area contributed by atoms with Gasteiger partial charge in [-0.25, -0.2) is 4.98 Å². The molecule has 0 aliphatic heterocycles. The van der Waals surface area contributed by atoms with Gasteiger partial charge in [-0.2, -0.15) is 0 Å². The maximum Gasteiger partial charge on any atom is 0.192 e. The van der Waals surface area contributed by atoms with Crippen molar-refractivity contribution in [2.75, 3.05) is 6.54 Å². The highest BCUT2D eigenvalue weighted by atomic mass is 16.3. The van der Waals surface area contributed by atoms with Crippen molar-refractivity contribution in [2.45, 2.75) is 19.1 Å². The average Bonchev–Trinajstić information content (AvgIpc) is 2.65. The number of hydrogen-bond acceptors (Lipinski definition) is 5. The highest BCUT2D eigenvalue weighted by molar-refractivity contribution is 5.73. The van der Waals surface area contributed by atoms with Gasteiger partial charge in [-0.05, 0) is 17.7 Å². The van der Waals surface area contributed by atoms with E-state index in [1.54, 1.807) is 13.0 Å². The number of nitrogens with zero attached hydrogens (tertiary/aromatic N) is 1. The fourth-order valence-electron chi connectivity index (χ4n) is 1.63. The Kier molecular flexibility index (Phi) is 2.91. The lowest BCUT2D eigenvalue weighted by atomic mass is 10.0. The number of aryl methyl sites for hydroxylation is 1. The molecule has 0 saturated carbocycles. The Balaban J connectivity index is 2.38. The van der Waals surface area contributed by atoms with Gasteiger partial charge in [0, 0.05) is 13.5 Å². The van der Waals surface area contributed by atoms with Crippen LogP contribution in [0.3, 0.4) is 0 Å². The van der Waals surface area contributed by atoms with E-state index in [4.69, 9.17) is 15.9 Å². The topological polar surface area (TPSA) is 98.3 Å². The van der Waals surface area contributed by atoms with Gasteiger partial charge in [0.15, 0.2) is 11.5 Å². The normalized spacial score (nSPS) is 15.2. The van der Waals surface area contributed by atoms with Gasteiger partial charge in [-0.1, -0.05) is 6.07 Å². The standard InChI is InChI=1S/C11H15N3O2/c1-6-14-8-3-2-7(4-10(8)16-6)11(13)9(15)5-12/h2-4,9,11,15H,5,12-13H2,1H3. The lowest BCUT2D eigenvalue weighted by molar-refractivity contribution is 0.153. The van der Waals surface area contributed by atoms with Gasteiger partial charge in [-0.15, -0.1) is 0 Å². The minimum Gasteiger partial charge on any atom is -0.441 e. The second kappa shape index (κ2) is 4.21. The summed E-state index contributed by atoms with van der Waals surface area (Å²) >= 11 is 0. The molecule has 0 aliphatic carbocycles. The average molecular weight is 221 g/mol. The summed E-state index contributed by atoms with van der Waals surface area (Å²) in [7, 11) is 0. The molecule has 1 aromatic carbocycles. The van der Waals surface area contributed by atoms with Crippen LogP contribution in [0.2, 0.25) is 0 Å². The minimum absolute atomic E-state index is 0.134. The molecule has 5 N–H and O–H groups in total. The van der Waals surface area contributed by atoms with E-state index in [2.05, 4.69) is 4.98 Å². The van der Waals surface area contributed by atoms with E-state index in [0.717, 1.165) is 11.1 Å². The number of aromatic nitrogens is 1. The molecule has 0 radical (unpaired) electrons. The van der Waals surface area contributed by atoms with Gasteiger partial charge in [0.2, 0.25) is 0 Å². The fraction of sp³-hybridized carbons (Fsp3) is 0.364. The van der Waals surface area contributed by atoms with Crippen molar-refractivity contribution in [3.8, 4) is 0 Å². The molecule has 0 amide bonds. The Morgan fingerprint density at radius 3 is 2.94 bits per heavy atom. The van der Waals surface area contributed by atoms with E-state index < -0.39 is 12.1 Å². The largest absolute Gasteiger partial charge is 0.441 e. The number of rotatable bonds is 3. The number of hydrogen-bond donors (Lipinski definition) is 3. The molecule has 16 heavy (non-hydrogen) atoms. The van der Waals surface area contributed by atoms with Crippen LogP contribution in [0.4, 0.5) is 0 Å². The monoisotopic (exact) mass is 221 g/mol. The summed E-state index contributed by atoms with van der Waals surface area (Å²) in [5.41, 5.74) is 13.5. The van der Waals surface area contributed by atoms with Gasteiger partial charge < -0.3 is 21.0 Å². The van der Waals surface area contributed by atoms with Crippen LogP contribution in [0.15, 0.2) is 22.6 Å². The summed E-state index contributed by atoms with van der Waals surface area (Å²) in [6, 6.07) is 4.94. The Morgan fingerprint density at radius 1 is 1.50 bits per heavy atom. The lowest BCUT2D eigenvalue weighted by Gasteiger charge is -2.16. The minimum atomic E-state index is -0.749. The van der Waals surface area contributed by atoms with Crippen molar-refractivity contribution in [3.05, 3.63) is 29.7 Å². The van der Waals surface area contributed by atoms with E-state index in [0.29, 0.717) is 11.5 Å². The molecule has 86 valence electrons. The second-order valence-electron chi connectivity index (χ2n) is 3.79. The van der Waals surface area contributed by atoms with Crippen molar-refractivity contribution in [1.29, 1.82) is 0 Å². The van der Waals surface area contributed by atoms with Crippen molar-refractivity contribution in [2.24, 2.45) is 11.5 Å². The molecular formula is C11H15N3O2. The van der Waals surface area contributed by atoms with Gasteiger partial charge in [-0.3, -0.25) is 0 Å². The molecule has 5 heteroatoms. The first kappa shape index (κ1) is 11.1. The molecule has 2 rings (SSSR count). The van der Waals surface area contributed by atoms with Crippen molar-refractivity contribution < 1.29 is 9.52 Å². The Labute approximate surface area is 93.1 Å². The SMILES string of the molecule is Cc1nc2ccc(C(N)C(O)CN)cc2o1. The van der Waals surface area contributed by atoms with Crippen LogP contribution >= 0.6 is 0 Å². The Morgan fingerprint density at radius 2 is 2.25 bits per heavy atom. The van der Waals surface area contributed by atoms with Crippen molar-refractivity contribution in [3.63, 3.8) is 0 Å². The number of aliphatic hydroxyl groups excluding tert-OH is 1. The molecule has 0 fully saturated rings. The van der Waals surface area contributed by atoms with E-state index in [1.807, 2.05) is 12.1 Å².